The maximum atomic E-state index is 12.6. The summed E-state index contributed by atoms with van der Waals surface area (Å²) in [4.78, 5) is 21.6. The SMILES string of the molecule is CCc1nccn1CCC(=O)N1CCN([C@H]2CCc3ccccc3C2)CC1. The van der Waals surface area contributed by atoms with Gasteiger partial charge in [0.05, 0.1) is 0 Å². The fraction of sp³-hybridized carbons (Fsp3) is 0.545. The molecule has 2 heterocycles. The quantitative estimate of drug-likeness (QED) is 0.817. The highest BCUT2D eigenvalue weighted by molar-refractivity contribution is 5.76. The third-order valence-electron chi connectivity index (χ3n) is 6.19. The summed E-state index contributed by atoms with van der Waals surface area (Å²) >= 11 is 0. The zero-order valence-corrected chi connectivity index (χ0v) is 16.3. The summed E-state index contributed by atoms with van der Waals surface area (Å²) in [5.41, 5.74) is 3.04. The minimum Gasteiger partial charge on any atom is -0.340 e. The van der Waals surface area contributed by atoms with Crippen molar-refractivity contribution in [3.05, 3.63) is 53.6 Å². The minimum absolute atomic E-state index is 0.277. The Morgan fingerprint density at radius 3 is 2.70 bits per heavy atom. The van der Waals surface area contributed by atoms with Crippen LogP contribution in [0, 0.1) is 0 Å². The summed E-state index contributed by atoms with van der Waals surface area (Å²) in [6.45, 7) is 6.57. The van der Waals surface area contributed by atoms with Gasteiger partial charge in [-0.3, -0.25) is 9.69 Å². The van der Waals surface area contributed by atoms with Crippen molar-refractivity contribution in [2.45, 2.75) is 51.6 Å². The number of rotatable bonds is 5. The highest BCUT2D eigenvalue weighted by atomic mass is 16.2. The summed E-state index contributed by atoms with van der Waals surface area (Å²) in [7, 11) is 0. The topological polar surface area (TPSA) is 41.4 Å². The first-order chi connectivity index (χ1) is 13.2. The number of hydrogen-bond donors (Lipinski definition) is 0. The molecular formula is C22H30N4O. The van der Waals surface area contributed by atoms with E-state index in [1.54, 1.807) is 0 Å². The summed E-state index contributed by atoms with van der Waals surface area (Å²) in [5.74, 6) is 1.34. The van der Waals surface area contributed by atoms with Crippen molar-refractivity contribution >= 4 is 5.91 Å². The summed E-state index contributed by atoms with van der Waals surface area (Å²) in [6, 6.07) is 9.49. The van der Waals surface area contributed by atoms with Crippen molar-refractivity contribution in [1.82, 2.24) is 19.4 Å². The second-order valence-electron chi connectivity index (χ2n) is 7.72. The number of aryl methyl sites for hydroxylation is 3. The molecule has 5 heteroatoms. The number of fused-ring (bicyclic) bond motifs is 1. The standard InChI is InChI=1S/C22H30N4O/c1-2-21-23-10-12-25(21)11-9-22(27)26-15-13-24(14-16-26)20-8-7-18-5-3-4-6-19(18)17-20/h3-6,10,12,20H,2,7-9,11,13-17H2,1H3/t20-/m0/s1. The molecule has 1 aliphatic carbocycles. The van der Waals surface area contributed by atoms with Gasteiger partial charge in [-0.05, 0) is 30.4 Å². The average molecular weight is 367 g/mol. The van der Waals surface area contributed by atoms with E-state index < -0.39 is 0 Å². The van der Waals surface area contributed by atoms with Crippen molar-refractivity contribution < 1.29 is 4.79 Å². The lowest BCUT2D eigenvalue weighted by molar-refractivity contribution is -0.133. The van der Waals surface area contributed by atoms with Gasteiger partial charge in [-0.25, -0.2) is 4.98 Å². The van der Waals surface area contributed by atoms with Crippen LogP contribution in [0.2, 0.25) is 0 Å². The van der Waals surface area contributed by atoms with E-state index in [2.05, 4.69) is 50.5 Å². The van der Waals surface area contributed by atoms with Crippen LogP contribution in [0.5, 0.6) is 0 Å². The van der Waals surface area contributed by atoms with Gasteiger partial charge >= 0.3 is 0 Å². The highest BCUT2D eigenvalue weighted by Gasteiger charge is 2.28. The van der Waals surface area contributed by atoms with Gasteiger partial charge in [0.25, 0.3) is 0 Å². The second-order valence-corrected chi connectivity index (χ2v) is 7.72. The number of carbonyl (C=O) groups excluding carboxylic acids is 1. The van der Waals surface area contributed by atoms with Gasteiger partial charge in [0, 0.05) is 64.0 Å². The lowest BCUT2D eigenvalue weighted by Gasteiger charge is -2.41. The summed E-state index contributed by atoms with van der Waals surface area (Å²) < 4.78 is 2.10. The molecule has 1 aromatic carbocycles. The maximum absolute atomic E-state index is 12.6. The Labute approximate surface area is 162 Å². The van der Waals surface area contributed by atoms with Gasteiger partial charge in [0.2, 0.25) is 5.91 Å². The summed E-state index contributed by atoms with van der Waals surface area (Å²) in [6.07, 6.45) is 8.86. The van der Waals surface area contributed by atoms with Crippen LogP contribution in [0.25, 0.3) is 0 Å². The molecule has 1 atom stereocenters. The zero-order valence-electron chi connectivity index (χ0n) is 16.3. The first-order valence-electron chi connectivity index (χ1n) is 10.3. The predicted octanol–water partition coefficient (Wildman–Crippen LogP) is 2.54. The van der Waals surface area contributed by atoms with Crippen LogP contribution in [0.4, 0.5) is 0 Å². The van der Waals surface area contributed by atoms with E-state index in [0.717, 1.165) is 51.4 Å². The molecule has 0 saturated carbocycles. The number of nitrogens with zero attached hydrogens (tertiary/aromatic N) is 4. The number of amides is 1. The third kappa shape index (κ3) is 4.08. The molecular weight excluding hydrogens is 336 g/mol. The molecule has 144 valence electrons. The Morgan fingerprint density at radius 1 is 1.15 bits per heavy atom. The molecule has 0 radical (unpaired) electrons. The highest BCUT2D eigenvalue weighted by Crippen LogP contribution is 2.25. The third-order valence-corrected chi connectivity index (χ3v) is 6.19. The Morgan fingerprint density at radius 2 is 1.93 bits per heavy atom. The van der Waals surface area contributed by atoms with Gasteiger partial charge in [-0.2, -0.15) is 0 Å². The van der Waals surface area contributed by atoms with Crippen LogP contribution in [-0.4, -0.2) is 57.5 Å². The van der Waals surface area contributed by atoms with E-state index in [1.807, 2.05) is 12.4 Å². The van der Waals surface area contributed by atoms with Crippen LogP contribution in [0.1, 0.15) is 36.7 Å². The molecule has 2 aliphatic rings. The van der Waals surface area contributed by atoms with E-state index in [-0.39, 0.29) is 5.91 Å². The number of aromatic nitrogens is 2. The van der Waals surface area contributed by atoms with Gasteiger partial charge in [-0.1, -0.05) is 31.2 Å². The molecule has 1 aromatic heterocycles. The van der Waals surface area contributed by atoms with Crippen LogP contribution in [-0.2, 0) is 30.6 Å². The average Bonchev–Trinajstić information content (AvgIpc) is 3.19. The Hall–Kier alpha value is -2.14. The van der Waals surface area contributed by atoms with Crippen molar-refractivity contribution in [1.29, 1.82) is 0 Å². The van der Waals surface area contributed by atoms with Crippen molar-refractivity contribution in [2.75, 3.05) is 26.2 Å². The molecule has 1 fully saturated rings. The van der Waals surface area contributed by atoms with E-state index in [4.69, 9.17) is 0 Å². The molecule has 1 saturated heterocycles. The number of imidazole rings is 1. The van der Waals surface area contributed by atoms with E-state index in [0.29, 0.717) is 12.5 Å². The van der Waals surface area contributed by atoms with Gasteiger partial charge in [0.15, 0.2) is 0 Å². The molecule has 1 amide bonds. The van der Waals surface area contributed by atoms with Crippen molar-refractivity contribution in [2.24, 2.45) is 0 Å². The first kappa shape index (κ1) is 18.2. The summed E-state index contributed by atoms with van der Waals surface area (Å²) in [5, 5.41) is 0. The normalized spacial score (nSPS) is 20.5. The van der Waals surface area contributed by atoms with Crippen LogP contribution in [0.15, 0.2) is 36.7 Å². The number of carbonyl (C=O) groups is 1. The maximum Gasteiger partial charge on any atom is 0.224 e. The molecule has 0 unspecified atom stereocenters. The van der Waals surface area contributed by atoms with Gasteiger partial charge < -0.3 is 9.47 Å². The fourth-order valence-electron chi connectivity index (χ4n) is 4.56. The van der Waals surface area contributed by atoms with E-state index >= 15 is 0 Å². The predicted molar refractivity (Wildman–Crippen MR) is 107 cm³/mol. The van der Waals surface area contributed by atoms with Crippen LogP contribution in [0.3, 0.4) is 0 Å². The lowest BCUT2D eigenvalue weighted by atomic mass is 9.87. The first-order valence-corrected chi connectivity index (χ1v) is 10.3. The Kier molecular flexibility index (Phi) is 5.58. The van der Waals surface area contributed by atoms with Crippen LogP contribution < -0.4 is 0 Å². The smallest absolute Gasteiger partial charge is 0.224 e. The fourth-order valence-corrected chi connectivity index (χ4v) is 4.56. The minimum atomic E-state index is 0.277. The van der Waals surface area contributed by atoms with Gasteiger partial charge in [0.1, 0.15) is 5.82 Å². The molecule has 0 spiro atoms. The van der Waals surface area contributed by atoms with E-state index in [1.165, 1.54) is 24.0 Å². The lowest BCUT2D eigenvalue weighted by Crippen LogP contribution is -2.53. The Balaban J connectivity index is 1.26. The van der Waals surface area contributed by atoms with Crippen molar-refractivity contribution in [3.8, 4) is 0 Å². The molecule has 2 aromatic rings. The zero-order chi connectivity index (χ0) is 18.6. The second kappa shape index (κ2) is 8.26. The van der Waals surface area contributed by atoms with Crippen LogP contribution >= 0.6 is 0 Å². The number of piperazine rings is 1. The van der Waals surface area contributed by atoms with Crippen molar-refractivity contribution in [3.63, 3.8) is 0 Å². The monoisotopic (exact) mass is 366 g/mol. The molecule has 0 N–H and O–H groups in total. The molecule has 5 nitrogen and oxygen atoms in total. The molecule has 1 aliphatic heterocycles. The number of hydrogen-bond acceptors (Lipinski definition) is 3. The van der Waals surface area contributed by atoms with E-state index in [9.17, 15) is 4.79 Å². The molecule has 4 rings (SSSR count). The largest absolute Gasteiger partial charge is 0.340 e. The van der Waals surface area contributed by atoms with Gasteiger partial charge in [-0.15, -0.1) is 0 Å². The molecule has 27 heavy (non-hydrogen) atoms. The number of benzene rings is 1. The Bertz CT molecular complexity index is 776. The molecule has 0 bridgehead atoms.